The number of halogens is 1. The number of allylic oxidation sites excluding steroid dienone is 1. The Hall–Kier alpha value is -2.18. The summed E-state index contributed by atoms with van der Waals surface area (Å²) in [5.74, 6) is -0.768. The Kier molecular flexibility index (Phi) is 4.95. The predicted molar refractivity (Wildman–Crippen MR) is 78.6 cm³/mol. The van der Waals surface area contributed by atoms with E-state index in [1.165, 1.54) is 4.68 Å². The normalized spacial score (nSPS) is 15.8. The number of ether oxygens (including phenoxy) is 1. The van der Waals surface area contributed by atoms with Crippen LogP contribution in [-0.4, -0.2) is 53.8 Å². The molecule has 22 heavy (non-hydrogen) atoms. The number of aromatic nitrogens is 2. The third-order valence-electron chi connectivity index (χ3n) is 3.38. The summed E-state index contributed by atoms with van der Waals surface area (Å²) in [6, 6.07) is 0. The summed E-state index contributed by atoms with van der Waals surface area (Å²) in [6.45, 7) is 1.22. The molecule has 0 bridgehead atoms. The van der Waals surface area contributed by atoms with E-state index in [4.69, 9.17) is 4.74 Å². The molecule has 0 atom stereocenters. The van der Waals surface area contributed by atoms with Crippen molar-refractivity contribution >= 4 is 11.8 Å². The van der Waals surface area contributed by atoms with Crippen LogP contribution in [0.2, 0.25) is 0 Å². The molecular weight excluding hydrogens is 289 g/mol. The van der Waals surface area contributed by atoms with E-state index in [0.29, 0.717) is 29.7 Å². The maximum atomic E-state index is 12.7. The first-order valence-electron chi connectivity index (χ1n) is 7.24. The highest BCUT2D eigenvalue weighted by atomic mass is 19.1. The van der Waals surface area contributed by atoms with Gasteiger partial charge in [-0.2, -0.15) is 5.10 Å². The van der Waals surface area contributed by atoms with E-state index < -0.39 is 12.6 Å². The molecule has 0 radical (unpaired) electrons. The van der Waals surface area contributed by atoms with Gasteiger partial charge in [-0.15, -0.1) is 0 Å². The van der Waals surface area contributed by atoms with Gasteiger partial charge in [0.05, 0.1) is 13.2 Å². The molecule has 0 fully saturated rings. The molecule has 1 heterocycles. The molecule has 1 aliphatic carbocycles. The van der Waals surface area contributed by atoms with Crippen LogP contribution in [-0.2, 0) is 17.7 Å². The van der Waals surface area contributed by atoms with E-state index in [1.54, 1.807) is 18.0 Å². The second-order valence-electron chi connectivity index (χ2n) is 5.26. The minimum atomic E-state index is -0.656. The van der Waals surface area contributed by atoms with Crippen molar-refractivity contribution in [2.24, 2.45) is 0 Å². The summed E-state index contributed by atoms with van der Waals surface area (Å²) in [4.78, 5) is 26.4. The predicted octanol–water partition coefficient (Wildman–Crippen LogP) is 1.60. The summed E-state index contributed by atoms with van der Waals surface area (Å²) in [6.07, 6.45) is 2.79. The SMILES string of the molecule is CCOC(=O)c1nn(CCF)c2c1CCC(=CN(C)C)C2=O. The monoisotopic (exact) mass is 309 g/mol. The van der Waals surface area contributed by atoms with Gasteiger partial charge in [0.25, 0.3) is 0 Å². The topological polar surface area (TPSA) is 64.4 Å². The number of alkyl halides is 1. The van der Waals surface area contributed by atoms with E-state index in [0.717, 1.165) is 0 Å². The van der Waals surface area contributed by atoms with Crippen LogP contribution in [0, 0.1) is 0 Å². The van der Waals surface area contributed by atoms with Crippen LogP contribution in [0.15, 0.2) is 11.8 Å². The summed E-state index contributed by atoms with van der Waals surface area (Å²) in [5.41, 5.74) is 1.63. The van der Waals surface area contributed by atoms with Crippen LogP contribution in [0.25, 0.3) is 0 Å². The van der Waals surface area contributed by atoms with E-state index in [-0.39, 0.29) is 24.6 Å². The lowest BCUT2D eigenvalue weighted by Gasteiger charge is -2.17. The van der Waals surface area contributed by atoms with Crippen LogP contribution in [0.3, 0.4) is 0 Å². The first-order valence-corrected chi connectivity index (χ1v) is 7.24. The molecule has 0 N–H and O–H groups in total. The molecule has 1 aromatic rings. The molecule has 7 heteroatoms. The lowest BCUT2D eigenvalue weighted by Crippen LogP contribution is -2.21. The van der Waals surface area contributed by atoms with E-state index in [2.05, 4.69) is 5.10 Å². The molecule has 1 aliphatic rings. The number of hydrogen-bond acceptors (Lipinski definition) is 5. The highest BCUT2D eigenvalue weighted by molar-refractivity contribution is 6.11. The highest BCUT2D eigenvalue weighted by Gasteiger charge is 2.32. The second-order valence-corrected chi connectivity index (χ2v) is 5.26. The zero-order valence-electron chi connectivity index (χ0n) is 13.1. The van der Waals surface area contributed by atoms with Gasteiger partial charge in [-0.3, -0.25) is 9.48 Å². The standard InChI is InChI=1S/C15H20FN3O3/c1-4-22-15(21)12-11-6-5-10(9-18(2)3)14(20)13(11)19(17-12)8-7-16/h9H,4-8H2,1-3H3. The molecule has 2 rings (SSSR count). The smallest absolute Gasteiger partial charge is 0.359 e. The van der Waals surface area contributed by atoms with Gasteiger partial charge < -0.3 is 9.64 Å². The Balaban J connectivity index is 2.49. The number of aryl methyl sites for hydroxylation is 1. The maximum Gasteiger partial charge on any atom is 0.359 e. The van der Waals surface area contributed by atoms with Crippen molar-refractivity contribution in [1.29, 1.82) is 0 Å². The third kappa shape index (κ3) is 3.03. The number of esters is 1. The van der Waals surface area contributed by atoms with Crippen molar-refractivity contribution in [3.63, 3.8) is 0 Å². The van der Waals surface area contributed by atoms with Crippen molar-refractivity contribution in [1.82, 2.24) is 14.7 Å². The van der Waals surface area contributed by atoms with E-state index in [9.17, 15) is 14.0 Å². The Bertz CT molecular complexity index is 620. The van der Waals surface area contributed by atoms with Gasteiger partial charge in [0.15, 0.2) is 5.69 Å². The first-order chi connectivity index (χ1) is 10.5. The first kappa shape index (κ1) is 16.2. The minimum Gasteiger partial charge on any atom is -0.461 e. The zero-order chi connectivity index (χ0) is 16.3. The molecule has 0 amide bonds. The minimum absolute atomic E-state index is 0.0529. The average Bonchev–Trinajstić information content (AvgIpc) is 2.82. The van der Waals surface area contributed by atoms with E-state index >= 15 is 0 Å². The van der Waals surface area contributed by atoms with Gasteiger partial charge in [-0.25, -0.2) is 9.18 Å². The fraction of sp³-hybridized carbons (Fsp3) is 0.533. The Morgan fingerprint density at radius 1 is 1.45 bits per heavy atom. The average molecular weight is 309 g/mol. The van der Waals surface area contributed by atoms with Crippen molar-refractivity contribution in [2.45, 2.75) is 26.3 Å². The van der Waals surface area contributed by atoms with Crippen molar-refractivity contribution in [3.8, 4) is 0 Å². The number of carbonyl (C=O) groups is 2. The van der Waals surface area contributed by atoms with Crippen LogP contribution in [0.5, 0.6) is 0 Å². The quantitative estimate of drug-likeness (QED) is 0.611. The number of ketones is 1. The molecule has 6 nitrogen and oxygen atoms in total. The molecule has 0 aliphatic heterocycles. The molecule has 0 aromatic carbocycles. The van der Waals surface area contributed by atoms with Crippen molar-refractivity contribution in [3.05, 3.63) is 28.7 Å². The van der Waals surface area contributed by atoms with Gasteiger partial charge in [0.1, 0.15) is 12.4 Å². The molecule has 0 unspecified atom stereocenters. The second kappa shape index (κ2) is 6.72. The molecule has 0 saturated carbocycles. The number of rotatable bonds is 5. The molecule has 120 valence electrons. The van der Waals surface area contributed by atoms with Crippen LogP contribution in [0.4, 0.5) is 4.39 Å². The Morgan fingerprint density at radius 2 is 2.18 bits per heavy atom. The Morgan fingerprint density at radius 3 is 2.77 bits per heavy atom. The molecule has 0 spiro atoms. The van der Waals surface area contributed by atoms with E-state index in [1.807, 2.05) is 14.1 Å². The number of carbonyl (C=O) groups excluding carboxylic acids is 2. The summed E-state index contributed by atoms with van der Waals surface area (Å²) in [5, 5.41) is 4.10. The molecule has 1 aromatic heterocycles. The van der Waals surface area contributed by atoms with Crippen molar-refractivity contribution in [2.75, 3.05) is 27.4 Å². The summed E-state index contributed by atoms with van der Waals surface area (Å²) < 4.78 is 19.0. The van der Waals surface area contributed by atoms with Gasteiger partial charge in [-0.1, -0.05) is 0 Å². The van der Waals surface area contributed by atoms with Gasteiger partial charge in [-0.05, 0) is 19.8 Å². The number of hydrogen-bond donors (Lipinski definition) is 0. The summed E-state index contributed by atoms with van der Waals surface area (Å²) in [7, 11) is 3.66. The lowest BCUT2D eigenvalue weighted by molar-refractivity contribution is 0.0517. The van der Waals surface area contributed by atoms with Gasteiger partial charge in [0.2, 0.25) is 5.78 Å². The van der Waals surface area contributed by atoms with Crippen LogP contribution in [0.1, 0.15) is 39.9 Å². The molecular formula is C15H20FN3O3. The van der Waals surface area contributed by atoms with Crippen molar-refractivity contribution < 1.29 is 18.7 Å². The Labute approximate surface area is 128 Å². The lowest BCUT2D eigenvalue weighted by atomic mass is 9.90. The maximum absolute atomic E-state index is 12.7. The fourth-order valence-electron chi connectivity index (χ4n) is 2.56. The number of fused-ring (bicyclic) bond motifs is 1. The zero-order valence-corrected chi connectivity index (χ0v) is 13.1. The molecule has 0 saturated heterocycles. The fourth-order valence-corrected chi connectivity index (χ4v) is 2.56. The summed E-state index contributed by atoms with van der Waals surface area (Å²) >= 11 is 0. The van der Waals surface area contributed by atoms with Gasteiger partial charge >= 0.3 is 5.97 Å². The van der Waals surface area contributed by atoms with Crippen LogP contribution < -0.4 is 0 Å². The third-order valence-corrected chi connectivity index (χ3v) is 3.38. The van der Waals surface area contributed by atoms with Crippen LogP contribution >= 0.6 is 0 Å². The van der Waals surface area contributed by atoms with Gasteiger partial charge in [0, 0.05) is 31.4 Å². The highest BCUT2D eigenvalue weighted by Crippen LogP contribution is 2.28. The number of nitrogens with zero attached hydrogens (tertiary/aromatic N) is 3. The largest absolute Gasteiger partial charge is 0.461 e. The number of Topliss-reactive ketones (excluding diaryl/α,β-unsaturated/α-hetero) is 1.